The van der Waals surface area contributed by atoms with Crippen molar-refractivity contribution in [3.05, 3.63) is 29.3 Å². The Morgan fingerprint density at radius 3 is 2.67 bits per heavy atom. The van der Waals surface area contributed by atoms with Gasteiger partial charge >= 0.3 is 0 Å². The van der Waals surface area contributed by atoms with Crippen LogP contribution in [0.3, 0.4) is 0 Å². The molecule has 1 fully saturated rings. The molecular weight excluding hydrogens is 266 g/mol. The number of imide groups is 1. The molecular formula is C16H17N3O2. The summed E-state index contributed by atoms with van der Waals surface area (Å²) in [6.07, 6.45) is 4.08. The van der Waals surface area contributed by atoms with Gasteiger partial charge in [-0.3, -0.25) is 14.5 Å². The molecule has 0 radical (unpaired) electrons. The lowest BCUT2D eigenvalue weighted by atomic mass is 9.85. The maximum Gasteiger partial charge on any atom is 0.261 e. The third-order valence-electron chi connectivity index (χ3n) is 4.37. The van der Waals surface area contributed by atoms with Crippen LogP contribution in [0.2, 0.25) is 0 Å². The first-order valence-electron chi connectivity index (χ1n) is 7.24. The number of rotatable bonds is 2. The van der Waals surface area contributed by atoms with Crippen LogP contribution in [0.15, 0.2) is 18.2 Å². The molecule has 2 atom stereocenters. The van der Waals surface area contributed by atoms with E-state index in [0.717, 1.165) is 36.3 Å². The van der Waals surface area contributed by atoms with Gasteiger partial charge in [0.25, 0.3) is 11.8 Å². The first kappa shape index (κ1) is 13.6. The van der Waals surface area contributed by atoms with E-state index in [0.29, 0.717) is 11.1 Å². The van der Waals surface area contributed by atoms with E-state index in [4.69, 9.17) is 0 Å². The minimum atomic E-state index is -0.265. The van der Waals surface area contributed by atoms with Gasteiger partial charge in [-0.05, 0) is 31.0 Å². The smallest absolute Gasteiger partial charge is 0.261 e. The van der Waals surface area contributed by atoms with Crippen LogP contribution in [0.25, 0.3) is 0 Å². The molecule has 0 aromatic heterocycles. The van der Waals surface area contributed by atoms with Crippen molar-refractivity contribution >= 4 is 17.5 Å². The highest BCUT2D eigenvalue weighted by molar-refractivity contribution is 6.21. The van der Waals surface area contributed by atoms with Crippen molar-refractivity contribution in [3.8, 4) is 6.07 Å². The van der Waals surface area contributed by atoms with Crippen molar-refractivity contribution in [1.82, 2.24) is 4.90 Å². The van der Waals surface area contributed by atoms with Crippen LogP contribution in [0.4, 0.5) is 5.69 Å². The molecule has 1 aliphatic carbocycles. The van der Waals surface area contributed by atoms with Crippen LogP contribution in [0.5, 0.6) is 0 Å². The van der Waals surface area contributed by atoms with Gasteiger partial charge in [0.05, 0.1) is 23.1 Å². The summed E-state index contributed by atoms with van der Waals surface area (Å²) < 4.78 is 0. The third-order valence-corrected chi connectivity index (χ3v) is 4.37. The largest absolute Gasteiger partial charge is 0.381 e. The molecule has 5 heteroatoms. The summed E-state index contributed by atoms with van der Waals surface area (Å²) >= 11 is 0. The van der Waals surface area contributed by atoms with E-state index in [1.54, 1.807) is 12.1 Å². The van der Waals surface area contributed by atoms with Crippen molar-refractivity contribution in [2.45, 2.75) is 31.7 Å². The van der Waals surface area contributed by atoms with E-state index < -0.39 is 0 Å². The molecule has 2 aliphatic rings. The Balaban J connectivity index is 1.84. The minimum Gasteiger partial charge on any atom is -0.381 e. The van der Waals surface area contributed by atoms with Gasteiger partial charge in [0, 0.05) is 18.8 Å². The van der Waals surface area contributed by atoms with Gasteiger partial charge in [0.15, 0.2) is 0 Å². The highest BCUT2D eigenvalue weighted by atomic mass is 16.2. The number of hydrogen-bond acceptors (Lipinski definition) is 4. The summed E-state index contributed by atoms with van der Waals surface area (Å²) in [4.78, 5) is 25.0. The van der Waals surface area contributed by atoms with Crippen LogP contribution < -0.4 is 5.32 Å². The average Bonchev–Trinajstić information content (AvgIpc) is 2.72. The number of nitrogens with one attached hydrogen (secondary N) is 1. The standard InChI is InChI=1S/C16H17N3O2/c1-19-15(20)12-7-6-11(8-13(12)16(19)21)18-14-5-3-2-4-10(14)9-17/h6-8,10,14,18H,2-5H2,1H3. The molecule has 5 nitrogen and oxygen atoms in total. The molecule has 1 N–H and O–H groups in total. The third kappa shape index (κ3) is 2.27. The number of nitrogens with zero attached hydrogens (tertiary/aromatic N) is 2. The maximum absolute atomic E-state index is 12.0. The van der Waals surface area contributed by atoms with Crippen LogP contribution in [0.1, 0.15) is 46.4 Å². The second-order valence-electron chi connectivity index (χ2n) is 5.70. The van der Waals surface area contributed by atoms with Crippen molar-refractivity contribution in [2.75, 3.05) is 12.4 Å². The highest BCUT2D eigenvalue weighted by Crippen LogP contribution is 2.29. The minimum absolute atomic E-state index is 0.00649. The lowest BCUT2D eigenvalue weighted by Gasteiger charge is -2.28. The van der Waals surface area contributed by atoms with E-state index in [2.05, 4.69) is 11.4 Å². The van der Waals surface area contributed by atoms with Crippen LogP contribution in [0, 0.1) is 17.2 Å². The summed E-state index contributed by atoms with van der Waals surface area (Å²) in [5.74, 6) is -0.514. The molecule has 1 saturated carbocycles. The summed E-state index contributed by atoms with van der Waals surface area (Å²) in [5.41, 5.74) is 1.70. The number of fused-ring (bicyclic) bond motifs is 1. The van der Waals surface area contributed by atoms with E-state index >= 15 is 0 Å². The fraction of sp³-hybridized carbons (Fsp3) is 0.438. The predicted molar refractivity (Wildman–Crippen MR) is 77.8 cm³/mol. The molecule has 3 rings (SSSR count). The first-order valence-corrected chi connectivity index (χ1v) is 7.24. The molecule has 0 saturated heterocycles. The summed E-state index contributed by atoms with van der Waals surface area (Å²) in [6.45, 7) is 0. The molecule has 1 aromatic rings. The monoisotopic (exact) mass is 283 g/mol. The SMILES string of the molecule is CN1C(=O)c2ccc(NC3CCCCC3C#N)cc2C1=O. The molecule has 0 bridgehead atoms. The highest BCUT2D eigenvalue weighted by Gasteiger charge is 2.33. The van der Waals surface area contributed by atoms with Gasteiger partial charge in [-0.2, -0.15) is 5.26 Å². The van der Waals surface area contributed by atoms with Gasteiger partial charge in [-0.1, -0.05) is 12.8 Å². The van der Waals surface area contributed by atoms with E-state index in [-0.39, 0.29) is 23.8 Å². The van der Waals surface area contributed by atoms with Gasteiger partial charge in [0.2, 0.25) is 0 Å². The first-order chi connectivity index (χ1) is 10.1. The summed E-state index contributed by atoms with van der Waals surface area (Å²) in [5, 5.41) is 12.6. The zero-order chi connectivity index (χ0) is 15.0. The summed E-state index contributed by atoms with van der Waals surface area (Å²) in [7, 11) is 1.49. The zero-order valence-electron chi connectivity index (χ0n) is 11.9. The molecule has 108 valence electrons. The van der Waals surface area contributed by atoms with E-state index in [9.17, 15) is 14.9 Å². The Kier molecular flexibility index (Phi) is 3.38. The predicted octanol–water partition coefficient (Wildman–Crippen LogP) is 2.41. The Bertz CT molecular complexity index is 647. The van der Waals surface area contributed by atoms with Crippen molar-refractivity contribution in [3.63, 3.8) is 0 Å². The Morgan fingerprint density at radius 1 is 1.19 bits per heavy atom. The maximum atomic E-state index is 12.0. The fourth-order valence-electron chi connectivity index (χ4n) is 3.12. The number of anilines is 1. The lowest BCUT2D eigenvalue weighted by molar-refractivity contribution is 0.0693. The number of hydrogen-bond donors (Lipinski definition) is 1. The quantitative estimate of drug-likeness (QED) is 0.846. The molecule has 2 unspecified atom stereocenters. The number of carbonyl (C=O) groups excluding carboxylic acids is 2. The fourth-order valence-corrected chi connectivity index (χ4v) is 3.12. The second kappa shape index (κ2) is 5.21. The van der Waals surface area contributed by atoms with Crippen molar-refractivity contribution in [2.24, 2.45) is 5.92 Å². The molecule has 2 amide bonds. The van der Waals surface area contributed by atoms with Crippen LogP contribution in [-0.2, 0) is 0 Å². The zero-order valence-corrected chi connectivity index (χ0v) is 11.9. The van der Waals surface area contributed by atoms with Gasteiger partial charge in [-0.25, -0.2) is 0 Å². The Labute approximate surface area is 123 Å². The average molecular weight is 283 g/mol. The molecule has 1 aromatic carbocycles. The molecule has 0 spiro atoms. The van der Waals surface area contributed by atoms with Crippen molar-refractivity contribution < 1.29 is 9.59 Å². The van der Waals surface area contributed by atoms with Gasteiger partial charge < -0.3 is 5.32 Å². The van der Waals surface area contributed by atoms with E-state index in [1.165, 1.54) is 7.05 Å². The Hall–Kier alpha value is -2.35. The Morgan fingerprint density at radius 2 is 1.90 bits per heavy atom. The number of carbonyl (C=O) groups is 2. The number of amides is 2. The van der Waals surface area contributed by atoms with Crippen molar-refractivity contribution in [1.29, 1.82) is 5.26 Å². The molecule has 21 heavy (non-hydrogen) atoms. The summed E-state index contributed by atoms with van der Waals surface area (Å²) in [6, 6.07) is 7.70. The van der Waals surface area contributed by atoms with E-state index in [1.807, 2.05) is 6.07 Å². The molecule has 1 heterocycles. The lowest BCUT2D eigenvalue weighted by Crippen LogP contribution is -2.31. The van der Waals surface area contributed by atoms with Gasteiger partial charge in [0.1, 0.15) is 0 Å². The van der Waals surface area contributed by atoms with Gasteiger partial charge in [-0.15, -0.1) is 0 Å². The molecule has 1 aliphatic heterocycles. The normalized spacial score (nSPS) is 24.7. The number of nitriles is 1. The van der Waals surface area contributed by atoms with Crippen LogP contribution in [-0.4, -0.2) is 29.8 Å². The van der Waals surface area contributed by atoms with Crippen LogP contribution >= 0.6 is 0 Å². The topological polar surface area (TPSA) is 73.2 Å². The number of benzene rings is 1. The second-order valence-corrected chi connectivity index (χ2v) is 5.70.